The van der Waals surface area contributed by atoms with Crippen molar-refractivity contribution in [2.75, 3.05) is 17.8 Å². The molecule has 1 heterocycles. The van der Waals surface area contributed by atoms with Crippen LogP contribution in [0.1, 0.15) is 0 Å². The van der Waals surface area contributed by atoms with Crippen molar-refractivity contribution in [1.82, 2.24) is 9.71 Å². The molecule has 0 amide bonds. The van der Waals surface area contributed by atoms with Gasteiger partial charge in [-0.1, -0.05) is 17.7 Å². The van der Waals surface area contributed by atoms with E-state index in [0.29, 0.717) is 0 Å². The van der Waals surface area contributed by atoms with E-state index in [0.717, 1.165) is 0 Å². The normalized spacial score (nSPS) is 11.3. The van der Waals surface area contributed by atoms with Crippen LogP contribution in [0.2, 0.25) is 5.15 Å². The van der Waals surface area contributed by atoms with Gasteiger partial charge >= 0.3 is 0 Å². The first-order chi connectivity index (χ1) is 7.03. The molecule has 8 heteroatoms. The van der Waals surface area contributed by atoms with E-state index in [1.165, 1.54) is 6.07 Å². The second-order valence-corrected chi connectivity index (χ2v) is 4.52. The second-order valence-electron chi connectivity index (χ2n) is 2.63. The topological polar surface area (TPSA) is 97.1 Å². The number of halogens is 1. The number of anilines is 1. The maximum Gasteiger partial charge on any atom is 0.300 e. The molecule has 84 valence electrons. The van der Waals surface area contributed by atoms with Gasteiger partial charge in [-0.2, -0.15) is 13.1 Å². The number of hydrogen-bond acceptors (Lipinski definition) is 4. The molecule has 0 aliphatic carbocycles. The van der Waals surface area contributed by atoms with Gasteiger partial charge in [-0.25, -0.2) is 4.98 Å². The van der Waals surface area contributed by atoms with Gasteiger partial charge in [-0.3, -0.25) is 4.72 Å². The predicted octanol–water partition coefficient (Wildman–Crippen LogP) is -0.0600. The Morgan fingerprint density at radius 1 is 1.47 bits per heavy atom. The first-order valence-electron chi connectivity index (χ1n) is 4.13. The Morgan fingerprint density at radius 3 is 2.80 bits per heavy atom. The van der Waals surface area contributed by atoms with E-state index in [2.05, 4.69) is 14.4 Å². The zero-order chi connectivity index (χ0) is 11.3. The maximum atomic E-state index is 11.3. The Bertz CT molecular complexity index is 423. The molecule has 0 aliphatic rings. The fourth-order valence-corrected chi connectivity index (χ4v) is 1.84. The lowest BCUT2D eigenvalue weighted by molar-refractivity contribution is 0.587. The summed E-state index contributed by atoms with van der Waals surface area (Å²) in [4.78, 5) is 3.77. The summed E-state index contributed by atoms with van der Waals surface area (Å²) in [5.74, 6) is 0.159. The number of nitrogens with two attached hydrogens (primary N) is 1. The number of pyridine rings is 1. The number of rotatable bonds is 5. The minimum absolute atomic E-state index is 0.159. The summed E-state index contributed by atoms with van der Waals surface area (Å²) in [6.07, 6.45) is 0. The first kappa shape index (κ1) is 12.2. The van der Waals surface area contributed by atoms with Gasteiger partial charge in [0.2, 0.25) is 0 Å². The molecule has 4 N–H and O–H groups in total. The summed E-state index contributed by atoms with van der Waals surface area (Å²) in [7, 11) is -3.61. The molecule has 0 saturated carbocycles. The van der Waals surface area contributed by atoms with Crippen molar-refractivity contribution in [3.8, 4) is 0 Å². The summed E-state index contributed by atoms with van der Waals surface area (Å²) in [5.41, 5.74) is 5.16. The summed E-state index contributed by atoms with van der Waals surface area (Å²) in [6.45, 7) is 0.389. The quantitative estimate of drug-likeness (QED) is 0.638. The number of aromatic nitrogens is 1. The van der Waals surface area contributed by atoms with Crippen molar-refractivity contribution in [3.63, 3.8) is 0 Å². The molecule has 1 rings (SSSR count). The van der Waals surface area contributed by atoms with Crippen LogP contribution in [0.4, 0.5) is 5.82 Å². The highest BCUT2D eigenvalue weighted by Gasteiger charge is 2.08. The summed E-state index contributed by atoms with van der Waals surface area (Å²) < 4.78 is 27.1. The molecule has 15 heavy (non-hydrogen) atoms. The standard InChI is InChI=1S/C7H11ClN4O2S/c8-6-2-1-3-7(11-6)12-15(13,14)10-5-4-9/h1-3,10H,4-5,9H2,(H,11,12). The molecule has 1 aromatic rings. The van der Waals surface area contributed by atoms with Crippen LogP contribution in [0.5, 0.6) is 0 Å². The molecule has 1 aromatic heterocycles. The zero-order valence-electron chi connectivity index (χ0n) is 7.77. The van der Waals surface area contributed by atoms with E-state index in [1.54, 1.807) is 12.1 Å². The molecule has 6 nitrogen and oxygen atoms in total. The fourth-order valence-electron chi connectivity index (χ4n) is 0.832. The van der Waals surface area contributed by atoms with Crippen LogP contribution in [0.25, 0.3) is 0 Å². The van der Waals surface area contributed by atoms with Crippen molar-refractivity contribution in [1.29, 1.82) is 0 Å². The van der Waals surface area contributed by atoms with Crippen LogP contribution in [-0.2, 0) is 10.2 Å². The van der Waals surface area contributed by atoms with Crippen LogP contribution < -0.4 is 15.2 Å². The highest BCUT2D eigenvalue weighted by Crippen LogP contribution is 2.09. The molecule has 0 radical (unpaired) electrons. The fraction of sp³-hybridized carbons (Fsp3) is 0.286. The highest BCUT2D eigenvalue weighted by molar-refractivity contribution is 7.90. The van der Waals surface area contributed by atoms with Gasteiger partial charge in [0.1, 0.15) is 11.0 Å². The van der Waals surface area contributed by atoms with E-state index in [1.807, 2.05) is 0 Å². The second kappa shape index (κ2) is 5.26. The average Bonchev–Trinajstić information content (AvgIpc) is 2.14. The van der Waals surface area contributed by atoms with Gasteiger partial charge in [0, 0.05) is 13.1 Å². The maximum absolute atomic E-state index is 11.3. The van der Waals surface area contributed by atoms with Crippen molar-refractivity contribution in [2.45, 2.75) is 0 Å². The Balaban J connectivity index is 2.69. The number of nitrogens with one attached hydrogen (secondary N) is 2. The molecule has 0 saturated heterocycles. The van der Waals surface area contributed by atoms with Gasteiger partial charge in [-0.05, 0) is 12.1 Å². The van der Waals surface area contributed by atoms with Crippen LogP contribution in [0.15, 0.2) is 18.2 Å². The van der Waals surface area contributed by atoms with E-state index in [-0.39, 0.29) is 24.1 Å². The Morgan fingerprint density at radius 2 is 2.20 bits per heavy atom. The van der Waals surface area contributed by atoms with Gasteiger partial charge in [0.15, 0.2) is 0 Å². The molecule has 0 fully saturated rings. The molecule has 0 spiro atoms. The third kappa shape index (κ3) is 4.43. The third-order valence-electron chi connectivity index (χ3n) is 1.39. The SMILES string of the molecule is NCCNS(=O)(=O)Nc1cccc(Cl)n1. The van der Waals surface area contributed by atoms with Crippen molar-refractivity contribution in [2.24, 2.45) is 5.73 Å². The third-order valence-corrected chi connectivity index (χ3v) is 2.66. The lowest BCUT2D eigenvalue weighted by atomic mass is 10.5. The van der Waals surface area contributed by atoms with Crippen molar-refractivity contribution >= 4 is 27.6 Å². The molecule has 0 unspecified atom stereocenters. The summed E-state index contributed by atoms with van der Waals surface area (Å²) in [5, 5.41) is 0.217. The smallest absolute Gasteiger partial charge is 0.300 e. The molecule has 0 aliphatic heterocycles. The van der Waals surface area contributed by atoms with E-state index in [9.17, 15) is 8.42 Å². The summed E-state index contributed by atoms with van der Waals surface area (Å²) in [6, 6.07) is 4.64. The predicted molar refractivity (Wildman–Crippen MR) is 58.8 cm³/mol. The molecule has 0 bridgehead atoms. The van der Waals surface area contributed by atoms with Crippen molar-refractivity contribution < 1.29 is 8.42 Å². The Hall–Kier alpha value is -0.890. The van der Waals surface area contributed by atoms with Crippen LogP contribution in [0.3, 0.4) is 0 Å². The van der Waals surface area contributed by atoms with Gasteiger partial charge in [0.05, 0.1) is 0 Å². The van der Waals surface area contributed by atoms with Gasteiger partial charge in [0.25, 0.3) is 10.2 Å². The molecule has 0 atom stereocenters. The lowest BCUT2D eigenvalue weighted by Gasteiger charge is -2.07. The monoisotopic (exact) mass is 250 g/mol. The van der Waals surface area contributed by atoms with Crippen LogP contribution in [0, 0.1) is 0 Å². The minimum atomic E-state index is -3.61. The molecule has 0 aromatic carbocycles. The first-order valence-corrected chi connectivity index (χ1v) is 5.99. The van der Waals surface area contributed by atoms with Crippen LogP contribution >= 0.6 is 11.6 Å². The van der Waals surface area contributed by atoms with Gasteiger partial charge < -0.3 is 5.73 Å². The zero-order valence-corrected chi connectivity index (χ0v) is 9.35. The van der Waals surface area contributed by atoms with Crippen LogP contribution in [-0.4, -0.2) is 26.5 Å². The van der Waals surface area contributed by atoms with Crippen molar-refractivity contribution in [3.05, 3.63) is 23.4 Å². The highest BCUT2D eigenvalue weighted by atomic mass is 35.5. The lowest BCUT2D eigenvalue weighted by Crippen LogP contribution is -2.34. The van der Waals surface area contributed by atoms with E-state index >= 15 is 0 Å². The number of hydrogen-bond donors (Lipinski definition) is 3. The Labute approximate surface area is 93.0 Å². The summed E-state index contributed by atoms with van der Waals surface area (Å²) >= 11 is 5.59. The molecular formula is C7H11ClN4O2S. The van der Waals surface area contributed by atoms with Gasteiger partial charge in [-0.15, -0.1) is 0 Å². The van der Waals surface area contributed by atoms with E-state index in [4.69, 9.17) is 17.3 Å². The minimum Gasteiger partial charge on any atom is -0.329 e. The largest absolute Gasteiger partial charge is 0.329 e. The molecular weight excluding hydrogens is 240 g/mol. The number of nitrogens with zero attached hydrogens (tertiary/aromatic N) is 1. The van der Waals surface area contributed by atoms with E-state index < -0.39 is 10.2 Å². The Kier molecular flexibility index (Phi) is 4.28. The average molecular weight is 251 g/mol.